The molecule has 0 N–H and O–H groups in total. The molecule has 1 atom stereocenters. The molecule has 1 saturated heterocycles. The molecule has 1 saturated carbocycles. The largest absolute Gasteiger partial charge is 0.376 e. The van der Waals surface area contributed by atoms with Crippen molar-refractivity contribution in [2.75, 3.05) is 6.61 Å². The third-order valence-corrected chi connectivity index (χ3v) is 7.65. The van der Waals surface area contributed by atoms with Crippen molar-refractivity contribution in [3.63, 3.8) is 0 Å². The highest BCUT2D eigenvalue weighted by Crippen LogP contribution is 2.34. The Morgan fingerprint density at radius 2 is 1.82 bits per heavy atom. The molecule has 1 unspecified atom stereocenters. The molecule has 1 aromatic heterocycles. The molecule has 6 nitrogen and oxygen atoms in total. The van der Waals surface area contributed by atoms with Gasteiger partial charge in [-0.1, -0.05) is 55.7 Å². The van der Waals surface area contributed by atoms with Crippen LogP contribution in [0.15, 0.2) is 58.9 Å². The minimum absolute atomic E-state index is 0.0213. The summed E-state index contributed by atoms with van der Waals surface area (Å²) < 4.78 is 8.09. The maximum atomic E-state index is 11.5. The maximum absolute atomic E-state index is 11.5. The summed E-state index contributed by atoms with van der Waals surface area (Å²) >= 11 is 1.52. The summed E-state index contributed by atoms with van der Waals surface area (Å²) in [6.45, 7) is 1.49. The topological polar surface area (TPSA) is 69.7 Å². The van der Waals surface area contributed by atoms with E-state index in [9.17, 15) is 10.1 Å². The van der Waals surface area contributed by atoms with Gasteiger partial charge in [-0.15, -0.1) is 11.3 Å². The Labute approximate surface area is 197 Å². The second kappa shape index (κ2) is 10.0. The van der Waals surface area contributed by atoms with Gasteiger partial charge in [0.2, 0.25) is 0 Å². The Balaban J connectivity index is 1.52. The lowest BCUT2D eigenvalue weighted by Gasteiger charge is -2.22. The standard InChI is InChI=1S/C26H29N3O3S/c30-29(31)24-11-5-4-10-23(24)27-26-28(17-22-9-6-16-32-22)25(18-33-26)21-14-12-20(13-15-21)19-7-2-1-3-8-19/h4-5,10-15,18-19,22H,1-3,6-9,16-17H2. The third kappa shape index (κ3) is 4.94. The van der Waals surface area contributed by atoms with Crippen LogP contribution in [0.5, 0.6) is 0 Å². The van der Waals surface area contributed by atoms with Crippen molar-refractivity contribution < 1.29 is 9.66 Å². The van der Waals surface area contributed by atoms with Gasteiger partial charge in [-0.3, -0.25) is 10.1 Å². The second-order valence-electron chi connectivity index (χ2n) is 8.96. The monoisotopic (exact) mass is 463 g/mol. The Morgan fingerprint density at radius 3 is 2.55 bits per heavy atom. The highest BCUT2D eigenvalue weighted by Gasteiger charge is 2.21. The fraction of sp³-hybridized carbons (Fsp3) is 0.423. The van der Waals surface area contributed by atoms with Crippen LogP contribution in [0.25, 0.3) is 11.3 Å². The van der Waals surface area contributed by atoms with Crippen molar-refractivity contribution in [3.8, 4) is 11.3 Å². The number of nitrogens with zero attached hydrogens (tertiary/aromatic N) is 3. The van der Waals surface area contributed by atoms with E-state index in [2.05, 4.69) is 34.2 Å². The zero-order valence-electron chi connectivity index (χ0n) is 18.7. The molecule has 7 heteroatoms. The van der Waals surface area contributed by atoms with Crippen LogP contribution in [0.4, 0.5) is 11.4 Å². The number of benzene rings is 2. The van der Waals surface area contributed by atoms with Gasteiger partial charge in [0, 0.05) is 18.1 Å². The molecular formula is C26H29N3O3S. The van der Waals surface area contributed by atoms with Crippen molar-refractivity contribution in [2.24, 2.45) is 4.99 Å². The van der Waals surface area contributed by atoms with E-state index < -0.39 is 0 Å². The second-order valence-corrected chi connectivity index (χ2v) is 9.80. The quantitative estimate of drug-likeness (QED) is 0.306. The molecule has 33 heavy (non-hydrogen) atoms. The van der Waals surface area contributed by atoms with Crippen LogP contribution in [0.2, 0.25) is 0 Å². The summed E-state index contributed by atoms with van der Waals surface area (Å²) in [7, 11) is 0. The first-order chi connectivity index (χ1) is 16.2. The number of ether oxygens (including phenoxy) is 1. The van der Waals surface area contributed by atoms with Crippen LogP contribution in [0.1, 0.15) is 56.4 Å². The molecule has 0 radical (unpaired) electrons. The van der Waals surface area contributed by atoms with E-state index in [-0.39, 0.29) is 16.7 Å². The molecule has 1 aliphatic heterocycles. The Hall–Kier alpha value is -2.77. The van der Waals surface area contributed by atoms with Crippen molar-refractivity contribution in [1.29, 1.82) is 0 Å². The molecule has 2 aromatic carbocycles. The van der Waals surface area contributed by atoms with Crippen molar-refractivity contribution >= 4 is 22.7 Å². The summed E-state index contributed by atoms with van der Waals surface area (Å²) in [5.74, 6) is 0.679. The van der Waals surface area contributed by atoms with Crippen molar-refractivity contribution in [1.82, 2.24) is 4.57 Å². The number of hydrogen-bond donors (Lipinski definition) is 0. The summed E-state index contributed by atoms with van der Waals surface area (Å²) in [5, 5.41) is 13.6. The molecular weight excluding hydrogens is 434 g/mol. The van der Waals surface area contributed by atoms with E-state index in [0.717, 1.165) is 35.5 Å². The molecule has 1 aliphatic carbocycles. The fourth-order valence-corrected chi connectivity index (χ4v) is 5.93. The number of nitro benzene ring substituents is 1. The van der Waals surface area contributed by atoms with E-state index in [4.69, 9.17) is 9.73 Å². The van der Waals surface area contributed by atoms with Gasteiger partial charge < -0.3 is 9.30 Å². The van der Waals surface area contributed by atoms with Crippen LogP contribution < -0.4 is 4.80 Å². The first-order valence-corrected chi connectivity index (χ1v) is 12.8. The number of hydrogen-bond acceptors (Lipinski definition) is 5. The lowest BCUT2D eigenvalue weighted by Crippen LogP contribution is -2.24. The Kier molecular flexibility index (Phi) is 6.69. The molecule has 5 rings (SSSR count). The lowest BCUT2D eigenvalue weighted by molar-refractivity contribution is -0.384. The number of rotatable bonds is 6. The predicted molar refractivity (Wildman–Crippen MR) is 131 cm³/mol. The average molecular weight is 464 g/mol. The lowest BCUT2D eigenvalue weighted by atomic mass is 9.84. The van der Waals surface area contributed by atoms with E-state index >= 15 is 0 Å². The molecule has 0 spiro atoms. The van der Waals surface area contributed by atoms with E-state index in [1.165, 1.54) is 55.1 Å². The van der Waals surface area contributed by atoms with E-state index in [1.807, 2.05) is 0 Å². The normalized spacial score (nSPS) is 19.8. The van der Waals surface area contributed by atoms with Crippen molar-refractivity contribution in [2.45, 2.75) is 63.5 Å². The molecule has 172 valence electrons. The number of thiazole rings is 1. The Bertz CT molecular complexity index is 1170. The smallest absolute Gasteiger partial charge is 0.294 e. The summed E-state index contributed by atoms with van der Waals surface area (Å²) in [4.78, 5) is 16.6. The minimum Gasteiger partial charge on any atom is -0.376 e. The summed E-state index contributed by atoms with van der Waals surface area (Å²) in [6, 6.07) is 15.6. The summed E-state index contributed by atoms with van der Waals surface area (Å²) in [5.41, 5.74) is 4.07. The highest BCUT2D eigenvalue weighted by molar-refractivity contribution is 7.07. The van der Waals surface area contributed by atoms with E-state index in [1.54, 1.807) is 18.2 Å². The van der Waals surface area contributed by atoms with Crippen LogP contribution in [-0.4, -0.2) is 22.2 Å². The molecule has 0 bridgehead atoms. The van der Waals surface area contributed by atoms with Crippen LogP contribution >= 0.6 is 11.3 Å². The average Bonchev–Trinajstić information content (AvgIpc) is 3.51. The number of para-hydroxylation sites is 2. The fourth-order valence-electron chi connectivity index (χ4n) is 5.00. The van der Waals surface area contributed by atoms with Crippen LogP contribution in [0, 0.1) is 10.1 Å². The molecule has 2 heterocycles. The third-order valence-electron chi connectivity index (χ3n) is 6.79. The minimum atomic E-state index is -0.373. The first kappa shape index (κ1) is 22.0. The summed E-state index contributed by atoms with van der Waals surface area (Å²) in [6.07, 6.45) is 8.82. The molecule has 3 aromatic rings. The van der Waals surface area contributed by atoms with E-state index in [0.29, 0.717) is 18.2 Å². The Morgan fingerprint density at radius 1 is 1.03 bits per heavy atom. The SMILES string of the molecule is O=[N+]([O-])c1ccccc1N=c1scc(-c2ccc(C3CCCCC3)cc2)n1CC1CCCO1. The maximum Gasteiger partial charge on any atom is 0.294 e. The van der Waals surface area contributed by atoms with Gasteiger partial charge in [0.05, 0.1) is 23.3 Å². The van der Waals surface area contributed by atoms with Gasteiger partial charge >= 0.3 is 0 Å². The van der Waals surface area contributed by atoms with Gasteiger partial charge in [-0.2, -0.15) is 0 Å². The zero-order chi connectivity index (χ0) is 22.6. The van der Waals surface area contributed by atoms with Crippen LogP contribution in [0.3, 0.4) is 0 Å². The number of aromatic nitrogens is 1. The highest BCUT2D eigenvalue weighted by atomic mass is 32.1. The van der Waals surface area contributed by atoms with Gasteiger partial charge in [0.25, 0.3) is 5.69 Å². The van der Waals surface area contributed by atoms with Crippen LogP contribution in [-0.2, 0) is 11.3 Å². The van der Waals surface area contributed by atoms with Gasteiger partial charge in [0.1, 0.15) is 5.69 Å². The molecule has 0 amide bonds. The van der Waals surface area contributed by atoms with Crippen molar-refractivity contribution in [3.05, 3.63) is 74.4 Å². The van der Waals surface area contributed by atoms with Gasteiger partial charge in [-0.25, -0.2) is 4.99 Å². The molecule has 2 aliphatic rings. The number of nitro groups is 1. The first-order valence-electron chi connectivity index (χ1n) is 11.9. The zero-order valence-corrected chi connectivity index (χ0v) is 19.5. The predicted octanol–water partition coefficient (Wildman–Crippen LogP) is 6.58. The molecule has 2 fully saturated rings. The van der Waals surface area contributed by atoms with Gasteiger partial charge in [0.15, 0.2) is 4.80 Å². The van der Waals surface area contributed by atoms with Gasteiger partial charge in [-0.05, 0) is 48.8 Å².